The number of sulfone groups is 1. The van der Waals surface area contributed by atoms with Crippen LogP contribution in [-0.4, -0.2) is 34.5 Å². The topological polar surface area (TPSA) is 67.8 Å². The van der Waals surface area contributed by atoms with Crippen LogP contribution in [0.15, 0.2) is 16.7 Å². The second kappa shape index (κ2) is 5.10. The predicted molar refractivity (Wildman–Crippen MR) is 76.9 cm³/mol. The molecule has 0 aromatic carbocycles. The van der Waals surface area contributed by atoms with Crippen molar-refractivity contribution in [2.45, 2.75) is 13.5 Å². The maximum Gasteiger partial charge on any atom is 0.179 e. The molecule has 0 aliphatic heterocycles. The highest BCUT2D eigenvalue weighted by Gasteiger charge is 2.11. The van der Waals surface area contributed by atoms with Crippen molar-refractivity contribution < 1.29 is 8.42 Å². The molecule has 18 heavy (non-hydrogen) atoms. The average molecular weight is 350 g/mol. The molecule has 2 aromatic rings. The molecule has 2 heterocycles. The number of pyridine rings is 1. The van der Waals surface area contributed by atoms with Gasteiger partial charge in [0.25, 0.3) is 0 Å². The molecule has 0 aliphatic carbocycles. The molecule has 0 amide bonds. The number of hydrogen-bond donors (Lipinski definition) is 1. The van der Waals surface area contributed by atoms with Gasteiger partial charge >= 0.3 is 0 Å². The molecule has 0 saturated carbocycles. The van der Waals surface area contributed by atoms with Gasteiger partial charge in [0.1, 0.15) is 0 Å². The lowest BCUT2D eigenvalue weighted by molar-refractivity contribution is 0.590. The van der Waals surface area contributed by atoms with Gasteiger partial charge < -0.3 is 9.55 Å². The van der Waals surface area contributed by atoms with Crippen molar-refractivity contribution in [3.63, 3.8) is 0 Å². The van der Waals surface area contributed by atoms with E-state index < -0.39 is 9.84 Å². The van der Waals surface area contributed by atoms with Crippen LogP contribution in [0, 0.1) is 4.77 Å². The van der Waals surface area contributed by atoms with E-state index in [9.17, 15) is 8.42 Å². The fourth-order valence-electron chi connectivity index (χ4n) is 1.60. The van der Waals surface area contributed by atoms with Crippen LogP contribution in [0.25, 0.3) is 11.2 Å². The van der Waals surface area contributed by atoms with Crippen LogP contribution in [0.2, 0.25) is 0 Å². The van der Waals surface area contributed by atoms with E-state index in [1.165, 1.54) is 0 Å². The Labute approximate surface area is 118 Å². The van der Waals surface area contributed by atoms with Crippen LogP contribution < -0.4 is 0 Å². The maximum atomic E-state index is 11.5. The van der Waals surface area contributed by atoms with Crippen LogP contribution in [0.3, 0.4) is 0 Å². The third-order valence-corrected chi connectivity index (χ3v) is 5.08. The largest absolute Gasteiger partial charge is 0.329 e. The molecule has 0 unspecified atom stereocenters. The Hall–Kier alpha value is -0.730. The van der Waals surface area contributed by atoms with Gasteiger partial charge in [-0.15, -0.1) is 0 Å². The number of aromatic amines is 1. The fraction of sp³-hybridized carbons (Fsp3) is 0.400. The Bertz CT molecular complexity index is 733. The predicted octanol–water partition coefficient (Wildman–Crippen LogP) is 2.29. The van der Waals surface area contributed by atoms with Crippen molar-refractivity contribution in [2.75, 3.05) is 11.5 Å². The minimum absolute atomic E-state index is 0.0719. The summed E-state index contributed by atoms with van der Waals surface area (Å²) in [7, 11) is -3.01. The quantitative estimate of drug-likeness (QED) is 0.860. The molecule has 0 bridgehead atoms. The zero-order chi connectivity index (χ0) is 13.3. The third-order valence-electron chi connectivity index (χ3n) is 2.64. The van der Waals surface area contributed by atoms with E-state index in [0.29, 0.717) is 17.0 Å². The average Bonchev–Trinajstić information content (AvgIpc) is 2.61. The van der Waals surface area contributed by atoms with Gasteiger partial charge in [0, 0.05) is 23.0 Å². The summed E-state index contributed by atoms with van der Waals surface area (Å²) in [6.45, 7) is 1.96. The molecule has 0 atom stereocenters. The molecule has 0 spiro atoms. The van der Waals surface area contributed by atoms with Gasteiger partial charge in [-0.1, -0.05) is 6.92 Å². The number of hydrogen-bond acceptors (Lipinski definition) is 4. The van der Waals surface area contributed by atoms with Crippen LogP contribution >= 0.6 is 28.1 Å². The number of nitrogens with zero attached hydrogens (tertiary/aromatic N) is 2. The summed E-state index contributed by atoms with van der Waals surface area (Å²) in [5.41, 5.74) is 1.47. The van der Waals surface area contributed by atoms with Gasteiger partial charge in [-0.05, 0) is 34.2 Å². The SMILES string of the molecule is CCS(=O)(=O)CCn1c(=S)[nH]c2cc(Br)cnc21. The van der Waals surface area contributed by atoms with E-state index in [4.69, 9.17) is 12.2 Å². The molecule has 0 radical (unpaired) electrons. The first-order valence-corrected chi connectivity index (χ1v) is 8.39. The molecule has 0 saturated heterocycles. The van der Waals surface area contributed by atoms with Gasteiger partial charge in [-0.2, -0.15) is 0 Å². The number of rotatable bonds is 4. The van der Waals surface area contributed by atoms with E-state index in [2.05, 4.69) is 25.9 Å². The standard InChI is InChI=1S/C10H12BrN3O2S2/c1-2-18(15,16)4-3-14-9-8(13-10(14)17)5-7(11)6-12-9/h5-6H,2-4H2,1H3,(H,13,17). The highest BCUT2D eigenvalue weighted by atomic mass is 79.9. The van der Waals surface area contributed by atoms with Crippen molar-refractivity contribution in [3.8, 4) is 0 Å². The molecule has 0 aliphatic rings. The molecular formula is C10H12BrN3O2S2. The van der Waals surface area contributed by atoms with Crippen LogP contribution in [-0.2, 0) is 16.4 Å². The van der Waals surface area contributed by atoms with Gasteiger partial charge in [0.2, 0.25) is 0 Å². The Morgan fingerprint density at radius 3 is 2.94 bits per heavy atom. The Morgan fingerprint density at radius 1 is 1.56 bits per heavy atom. The van der Waals surface area contributed by atoms with Crippen molar-refractivity contribution in [2.24, 2.45) is 0 Å². The monoisotopic (exact) mass is 349 g/mol. The lowest BCUT2D eigenvalue weighted by Crippen LogP contribution is -2.14. The van der Waals surface area contributed by atoms with Crippen molar-refractivity contribution >= 4 is 49.1 Å². The smallest absolute Gasteiger partial charge is 0.179 e. The molecule has 0 fully saturated rings. The molecule has 2 aromatic heterocycles. The number of fused-ring (bicyclic) bond motifs is 1. The fourth-order valence-corrected chi connectivity index (χ4v) is 2.97. The van der Waals surface area contributed by atoms with Crippen molar-refractivity contribution in [1.29, 1.82) is 0 Å². The molecule has 2 rings (SSSR count). The Balaban J connectivity index is 2.40. The van der Waals surface area contributed by atoms with Gasteiger partial charge in [-0.25, -0.2) is 13.4 Å². The first-order valence-electron chi connectivity index (χ1n) is 5.37. The first-order chi connectivity index (χ1) is 8.43. The summed E-state index contributed by atoms with van der Waals surface area (Å²) >= 11 is 8.50. The van der Waals surface area contributed by atoms with Gasteiger partial charge in [0.05, 0.1) is 11.3 Å². The van der Waals surface area contributed by atoms with Crippen LogP contribution in [0.5, 0.6) is 0 Å². The third kappa shape index (κ3) is 2.81. The molecule has 1 N–H and O–H groups in total. The minimum atomic E-state index is -3.01. The van der Waals surface area contributed by atoms with E-state index in [0.717, 1.165) is 9.99 Å². The van der Waals surface area contributed by atoms with E-state index >= 15 is 0 Å². The summed E-state index contributed by atoms with van der Waals surface area (Å²) in [6, 6.07) is 1.86. The summed E-state index contributed by atoms with van der Waals surface area (Å²) < 4.78 is 26.1. The number of nitrogens with one attached hydrogen (secondary N) is 1. The summed E-state index contributed by atoms with van der Waals surface area (Å²) in [6.07, 6.45) is 1.66. The molecule has 98 valence electrons. The lowest BCUT2D eigenvalue weighted by Gasteiger charge is -2.03. The van der Waals surface area contributed by atoms with E-state index in [1.54, 1.807) is 17.7 Å². The molecule has 5 nitrogen and oxygen atoms in total. The summed E-state index contributed by atoms with van der Waals surface area (Å²) in [5.74, 6) is 0.212. The molecule has 8 heteroatoms. The highest BCUT2D eigenvalue weighted by Crippen LogP contribution is 2.16. The zero-order valence-electron chi connectivity index (χ0n) is 9.68. The van der Waals surface area contributed by atoms with Gasteiger partial charge in [0.15, 0.2) is 20.3 Å². The van der Waals surface area contributed by atoms with E-state index in [-0.39, 0.29) is 11.5 Å². The lowest BCUT2D eigenvalue weighted by atomic mass is 10.4. The minimum Gasteiger partial charge on any atom is -0.329 e. The second-order valence-corrected chi connectivity index (χ2v) is 7.62. The Kier molecular flexibility index (Phi) is 3.88. The summed E-state index contributed by atoms with van der Waals surface area (Å²) in [5, 5.41) is 0. The first kappa shape index (κ1) is 13.7. The van der Waals surface area contributed by atoms with Gasteiger partial charge in [-0.3, -0.25) is 0 Å². The maximum absolute atomic E-state index is 11.5. The molecular weight excluding hydrogens is 338 g/mol. The van der Waals surface area contributed by atoms with Crippen molar-refractivity contribution in [1.82, 2.24) is 14.5 Å². The van der Waals surface area contributed by atoms with Crippen LogP contribution in [0.1, 0.15) is 6.92 Å². The number of halogens is 1. The van der Waals surface area contributed by atoms with Crippen LogP contribution in [0.4, 0.5) is 0 Å². The number of aromatic nitrogens is 3. The van der Waals surface area contributed by atoms with Crippen molar-refractivity contribution in [3.05, 3.63) is 21.5 Å². The Morgan fingerprint density at radius 2 is 2.28 bits per heavy atom. The number of H-pyrrole nitrogens is 1. The second-order valence-electron chi connectivity index (χ2n) is 3.84. The highest BCUT2D eigenvalue weighted by molar-refractivity contribution is 9.10. The van der Waals surface area contributed by atoms with E-state index in [1.807, 2.05) is 6.07 Å². The summed E-state index contributed by atoms with van der Waals surface area (Å²) in [4.78, 5) is 7.26. The number of aryl methyl sites for hydroxylation is 1. The number of imidazole rings is 1. The normalized spacial score (nSPS) is 12.1. The zero-order valence-corrected chi connectivity index (χ0v) is 12.9.